The summed E-state index contributed by atoms with van der Waals surface area (Å²) in [5.74, 6) is 1.63. The SMILES string of the molecule is CCNC(=NCc1ccccc1OC)N1CCC(C(=O)OC)CC1.I. The molecule has 0 saturated carbocycles. The van der Waals surface area contributed by atoms with E-state index >= 15 is 0 Å². The first-order valence-corrected chi connectivity index (χ1v) is 8.42. The van der Waals surface area contributed by atoms with Crippen molar-refractivity contribution in [2.75, 3.05) is 33.9 Å². The Morgan fingerprint density at radius 1 is 1.28 bits per heavy atom. The minimum atomic E-state index is -0.106. The maximum absolute atomic E-state index is 11.6. The number of carbonyl (C=O) groups is 1. The molecule has 0 unspecified atom stereocenters. The molecule has 1 saturated heterocycles. The van der Waals surface area contributed by atoms with Gasteiger partial charge in [0, 0.05) is 25.2 Å². The molecule has 140 valence electrons. The smallest absolute Gasteiger partial charge is 0.308 e. The normalized spacial score (nSPS) is 15.3. The number of rotatable bonds is 5. The van der Waals surface area contributed by atoms with Crippen molar-refractivity contribution >= 4 is 35.9 Å². The summed E-state index contributed by atoms with van der Waals surface area (Å²) in [6, 6.07) is 7.91. The largest absolute Gasteiger partial charge is 0.496 e. The van der Waals surface area contributed by atoms with Crippen LogP contribution in [0.15, 0.2) is 29.3 Å². The molecule has 1 aromatic rings. The first-order valence-electron chi connectivity index (χ1n) is 8.42. The van der Waals surface area contributed by atoms with Gasteiger partial charge in [0.05, 0.1) is 26.7 Å². The number of nitrogens with one attached hydrogen (secondary N) is 1. The van der Waals surface area contributed by atoms with Crippen LogP contribution in [0.2, 0.25) is 0 Å². The Morgan fingerprint density at radius 3 is 2.56 bits per heavy atom. The second-order valence-corrected chi connectivity index (χ2v) is 5.77. The van der Waals surface area contributed by atoms with Crippen LogP contribution in [0.1, 0.15) is 25.3 Å². The van der Waals surface area contributed by atoms with E-state index in [9.17, 15) is 4.79 Å². The van der Waals surface area contributed by atoms with Gasteiger partial charge in [-0.2, -0.15) is 0 Å². The van der Waals surface area contributed by atoms with Crippen molar-refractivity contribution in [3.05, 3.63) is 29.8 Å². The highest BCUT2D eigenvalue weighted by molar-refractivity contribution is 14.0. The maximum atomic E-state index is 11.6. The molecule has 1 aliphatic rings. The standard InChI is InChI=1S/C18H27N3O3.HI/c1-4-19-18(20-13-15-7-5-6-8-16(15)23-2)21-11-9-14(10-12-21)17(22)24-3;/h5-8,14H,4,9-13H2,1-3H3,(H,19,20);1H. The van der Waals surface area contributed by atoms with Gasteiger partial charge >= 0.3 is 5.97 Å². The number of carbonyl (C=O) groups excluding carboxylic acids is 1. The summed E-state index contributed by atoms with van der Waals surface area (Å²) in [6.45, 7) is 5.03. The molecular weight excluding hydrogens is 433 g/mol. The van der Waals surface area contributed by atoms with Gasteiger partial charge in [-0.3, -0.25) is 4.79 Å². The lowest BCUT2D eigenvalue weighted by Crippen LogP contribution is -2.46. The van der Waals surface area contributed by atoms with E-state index in [1.54, 1.807) is 7.11 Å². The molecular formula is C18H28IN3O3. The maximum Gasteiger partial charge on any atom is 0.308 e. The fourth-order valence-corrected chi connectivity index (χ4v) is 2.91. The van der Waals surface area contributed by atoms with Gasteiger partial charge in [-0.1, -0.05) is 18.2 Å². The molecule has 25 heavy (non-hydrogen) atoms. The third-order valence-corrected chi connectivity index (χ3v) is 4.26. The number of para-hydroxylation sites is 1. The van der Waals surface area contributed by atoms with E-state index in [0.717, 1.165) is 49.7 Å². The van der Waals surface area contributed by atoms with Crippen LogP contribution in [0.3, 0.4) is 0 Å². The molecule has 0 atom stereocenters. The lowest BCUT2D eigenvalue weighted by atomic mass is 9.97. The molecule has 1 aromatic carbocycles. The number of esters is 1. The molecule has 1 fully saturated rings. The van der Waals surface area contributed by atoms with Gasteiger partial charge in [-0.15, -0.1) is 24.0 Å². The number of guanidine groups is 1. The molecule has 6 nitrogen and oxygen atoms in total. The Bertz CT molecular complexity index is 572. The highest BCUT2D eigenvalue weighted by atomic mass is 127. The Kier molecular flexibility index (Phi) is 9.62. The molecule has 2 rings (SSSR count). The van der Waals surface area contributed by atoms with Gasteiger partial charge in [0.2, 0.25) is 0 Å². The zero-order valence-electron chi connectivity index (χ0n) is 15.2. The van der Waals surface area contributed by atoms with Crippen molar-refractivity contribution in [2.45, 2.75) is 26.3 Å². The van der Waals surface area contributed by atoms with E-state index in [-0.39, 0.29) is 35.9 Å². The monoisotopic (exact) mass is 461 g/mol. The van der Waals surface area contributed by atoms with E-state index in [1.807, 2.05) is 24.3 Å². The molecule has 0 amide bonds. The Balaban J connectivity index is 0.00000312. The third-order valence-electron chi connectivity index (χ3n) is 4.26. The average Bonchev–Trinajstić information content (AvgIpc) is 2.64. The Morgan fingerprint density at radius 2 is 1.96 bits per heavy atom. The van der Waals surface area contributed by atoms with Crippen LogP contribution < -0.4 is 10.1 Å². The van der Waals surface area contributed by atoms with Gasteiger partial charge in [-0.25, -0.2) is 4.99 Å². The number of ether oxygens (including phenoxy) is 2. The Labute approximate surface area is 167 Å². The second kappa shape index (κ2) is 11.2. The number of nitrogens with zero attached hydrogens (tertiary/aromatic N) is 2. The number of halogens is 1. The van der Waals surface area contributed by atoms with Crippen LogP contribution in [0, 0.1) is 5.92 Å². The van der Waals surface area contributed by atoms with Crippen LogP contribution in [-0.4, -0.2) is 50.7 Å². The van der Waals surface area contributed by atoms with Gasteiger partial charge in [-0.05, 0) is 25.8 Å². The first kappa shape index (κ1) is 21.5. The highest BCUT2D eigenvalue weighted by Gasteiger charge is 2.26. The molecule has 0 radical (unpaired) electrons. The van der Waals surface area contributed by atoms with Crippen LogP contribution in [0.25, 0.3) is 0 Å². The summed E-state index contributed by atoms with van der Waals surface area (Å²) in [7, 11) is 3.12. The van der Waals surface area contributed by atoms with E-state index in [4.69, 9.17) is 14.5 Å². The summed E-state index contributed by atoms with van der Waals surface area (Å²) >= 11 is 0. The first-order chi connectivity index (χ1) is 11.7. The lowest BCUT2D eigenvalue weighted by Gasteiger charge is -2.33. The number of methoxy groups -OCH3 is 2. The van der Waals surface area contributed by atoms with E-state index in [0.29, 0.717) is 6.54 Å². The van der Waals surface area contributed by atoms with Gasteiger partial charge in [0.25, 0.3) is 0 Å². The summed E-state index contributed by atoms with van der Waals surface area (Å²) in [5.41, 5.74) is 1.06. The predicted molar refractivity (Wildman–Crippen MR) is 110 cm³/mol. The van der Waals surface area contributed by atoms with Crippen LogP contribution in [0.5, 0.6) is 5.75 Å². The van der Waals surface area contributed by atoms with Gasteiger partial charge < -0.3 is 19.7 Å². The van der Waals surface area contributed by atoms with Crippen molar-refractivity contribution < 1.29 is 14.3 Å². The molecule has 1 aliphatic heterocycles. The lowest BCUT2D eigenvalue weighted by molar-refractivity contribution is -0.146. The topological polar surface area (TPSA) is 63.2 Å². The minimum absolute atomic E-state index is 0. The third kappa shape index (κ3) is 6.05. The number of hydrogen-bond donors (Lipinski definition) is 1. The van der Waals surface area contributed by atoms with Gasteiger partial charge in [0.15, 0.2) is 5.96 Å². The van der Waals surface area contributed by atoms with E-state index < -0.39 is 0 Å². The number of aliphatic imine (C=N–C) groups is 1. The zero-order valence-corrected chi connectivity index (χ0v) is 17.5. The Hall–Kier alpha value is -1.51. The van der Waals surface area contributed by atoms with Crippen LogP contribution in [-0.2, 0) is 16.1 Å². The fraction of sp³-hybridized carbons (Fsp3) is 0.556. The quantitative estimate of drug-likeness (QED) is 0.316. The fourth-order valence-electron chi connectivity index (χ4n) is 2.91. The van der Waals surface area contributed by atoms with Crippen molar-refractivity contribution in [3.63, 3.8) is 0 Å². The molecule has 7 heteroatoms. The van der Waals surface area contributed by atoms with Crippen LogP contribution in [0.4, 0.5) is 0 Å². The van der Waals surface area contributed by atoms with E-state index in [2.05, 4.69) is 17.1 Å². The molecule has 1 N–H and O–H groups in total. The molecule has 0 spiro atoms. The summed E-state index contributed by atoms with van der Waals surface area (Å²) < 4.78 is 10.2. The zero-order chi connectivity index (χ0) is 17.4. The summed E-state index contributed by atoms with van der Waals surface area (Å²) in [4.78, 5) is 18.6. The number of hydrogen-bond acceptors (Lipinski definition) is 4. The van der Waals surface area contributed by atoms with Gasteiger partial charge in [0.1, 0.15) is 5.75 Å². The number of piperidine rings is 1. The molecule has 1 heterocycles. The van der Waals surface area contributed by atoms with Crippen molar-refractivity contribution in [1.29, 1.82) is 0 Å². The summed E-state index contributed by atoms with van der Waals surface area (Å²) in [5, 5.41) is 3.34. The molecule has 0 bridgehead atoms. The number of likely N-dealkylation sites (tertiary alicyclic amines) is 1. The van der Waals surface area contributed by atoms with Crippen molar-refractivity contribution in [3.8, 4) is 5.75 Å². The predicted octanol–water partition coefficient (Wildman–Crippen LogP) is 2.66. The molecule has 0 aliphatic carbocycles. The molecule has 0 aromatic heterocycles. The van der Waals surface area contributed by atoms with E-state index in [1.165, 1.54) is 7.11 Å². The highest BCUT2D eigenvalue weighted by Crippen LogP contribution is 2.20. The number of benzene rings is 1. The second-order valence-electron chi connectivity index (χ2n) is 5.77. The minimum Gasteiger partial charge on any atom is -0.496 e. The average molecular weight is 461 g/mol. The van der Waals surface area contributed by atoms with Crippen LogP contribution >= 0.6 is 24.0 Å². The van der Waals surface area contributed by atoms with Crippen molar-refractivity contribution in [2.24, 2.45) is 10.9 Å². The summed E-state index contributed by atoms with van der Waals surface area (Å²) in [6.07, 6.45) is 1.59. The van der Waals surface area contributed by atoms with Crippen molar-refractivity contribution in [1.82, 2.24) is 10.2 Å².